The first-order chi connectivity index (χ1) is 12.3. The third kappa shape index (κ3) is 5.59. The van der Waals surface area contributed by atoms with Gasteiger partial charge in [-0.05, 0) is 31.0 Å². The Morgan fingerprint density at radius 1 is 1.00 bits per heavy atom. The summed E-state index contributed by atoms with van der Waals surface area (Å²) in [5.41, 5.74) is 0.528. The summed E-state index contributed by atoms with van der Waals surface area (Å²) in [4.78, 5) is 12.1. The highest BCUT2D eigenvalue weighted by atomic mass is 32.2. The van der Waals surface area contributed by atoms with Crippen LogP contribution in [0.3, 0.4) is 0 Å². The van der Waals surface area contributed by atoms with Crippen molar-refractivity contribution in [3.63, 3.8) is 0 Å². The summed E-state index contributed by atoms with van der Waals surface area (Å²) < 4.78 is 31.2. The average molecular weight is 375 g/mol. The van der Waals surface area contributed by atoms with Crippen LogP contribution in [0.2, 0.25) is 0 Å². The number of amides is 1. The summed E-state index contributed by atoms with van der Waals surface area (Å²) in [6.07, 6.45) is 0. The lowest BCUT2D eigenvalue weighted by Crippen LogP contribution is -2.39. The SMILES string of the molecule is CC(C)CNC(=O)C(C)S(=O)(=O)Cc1ccccc1Oc1ccccc1. The minimum Gasteiger partial charge on any atom is -0.457 e. The molecule has 0 aliphatic heterocycles. The molecule has 2 aromatic carbocycles. The fourth-order valence-corrected chi connectivity index (χ4v) is 3.62. The van der Waals surface area contributed by atoms with E-state index in [1.165, 1.54) is 6.92 Å². The number of carbonyl (C=O) groups excluding carboxylic acids is 1. The highest BCUT2D eigenvalue weighted by molar-refractivity contribution is 7.92. The van der Waals surface area contributed by atoms with Gasteiger partial charge in [-0.15, -0.1) is 0 Å². The molecule has 0 spiro atoms. The van der Waals surface area contributed by atoms with Crippen LogP contribution in [0.25, 0.3) is 0 Å². The van der Waals surface area contributed by atoms with E-state index in [9.17, 15) is 13.2 Å². The van der Waals surface area contributed by atoms with Crippen LogP contribution in [0.15, 0.2) is 54.6 Å². The summed E-state index contributed by atoms with van der Waals surface area (Å²) in [5.74, 6) is 0.623. The predicted octanol–water partition coefficient (Wildman–Crippen LogP) is 3.55. The molecule has 0 aliphatic carbocycles. The highest BCUT2D eigenvalue weighted by Crippen LogP contribution is 2.27. The van der Waals surface area contributed by atoms with Crippen LogP contribution in [-0.4, -0.2) is 26.1 Å². The molecular weight excluding hydrogens is 350 g/mol. The molecule has 140 valence electrons. The van der Waals surface area contributed by atoms with Crippen molar-refractivity contribution >= 4 is 15.7 Å². The standard InChI is InChI=1S/C20H25NO4S/c1-15(2)13-21-20(22)16(3)26(23,24)14-17-9-7-8-12-19(17)25-18-10-5-4-6-11-18/h4-12,15-16H,13-14H2,1-3H3,(H,21,22). The number of hydrogen-bond acceptors (Lipinski definition) is 4. The van der Waals surface area contributed by atoms with Crippen molar-refractivity contribution in [2.75, 3.05) is 6.54 Å². The van der Waals surface area contributed by atoms with Crippen molar-refractivity contribution in [1.82, 2.24) is 5.32 Å². The summed E-state index contributed by atoms with van der Waals surface area (Å²) in [5, 5.41) is 1.56. The van der Waals surface area contributed by atoms with Crippen molar-refractivity contribution in [1.29, 1.82) is 0 Å². The van der Waals surface area contributed by atoms with E-state index >= 15 is 0 Å². The van der Waals surface area contributed by atoms with E-state index < -0.39 is 21.0 Å². The first-order valence-electron chi connectivity index (χ1n) is 8.59. The van der Waals surface area contributed by atoms with E-state index in [0.717, 1.165) is 0 Å². The highest BCUT2D eigenvalue weighted by Gasteiger charge is 2.29. The van der Waals surface area contributed by atoms with Gasteiger partial charge < -0.3 is 10.1 Å². The zero-order valence-electron chi connectivity index (χ0n) is 15.3. The van der Waals surface area contributed by atoms with Gasteiger partial charge in [0, 0.05) is 12.1 Å². The van der Waals surface area contributed by atoms with Crippen molar-refractivity contribution in [3.8, 4) is 11.5 Å². The molecule has 1 unspecified atom stereocenters. The number of carbonyl (C=O) groups is 1. The Bertz CT molecular complexity index is 832. The van der Waals surface area contributed by atoms with Gasteiger partial charge >= 0.3 is 0 Å². The van der Waals surface area contributed by atoms with E-state index in [4.69, 9.17) is 4.74 Å². The van der Waals surface area contributed by atoms with Crippen LogP contribution in [0, 0.1) is 5.92 Å². The molecule has 0 heterocycles. The van der Waals surface area contributed by atoms with E-state index in [1.54, 1.807) is 36.4 Å². The van der Waals surface area contributed by atoms with Gasteiger partial charge in [0.05, 0.1) is 5.75 Å². The van der Waals surface area contributed by atoms with Crippen LogP contribution in [-0.2, 0) is 20.4 Å². The monoisotopic (exact) mass is 375 g/mol. The third-order valence-electron chi connectivity index (χ3n) is 3.89. The molecule has 0 aliphatic rings. The maximum Gasteiger partial charge on any atom is 0.238 e. The number of para-hydroxylation sites is 2. The Morgan fingerprint density at radius 2 is 1.62 bits per heavy atom. The molecule has 5 nitrogen and oxygen atoms in total. The van der Waals surface area contributed by atoms with Gasteiger partial charge in [-0.3, -0.25) is 4.79 Å². The fourth-order valence-electron chi connectivity index (χ4n) is 2.29. The molecule has 1 amide bonds. The summed E-state index contributed by atoms with van der Waals surface area (Å²) >= 11 is 0. The number of benzene rings is 2. The number of hydrogen-bond donors (Lipinski definition) is 1. The third-order valence-corrected chi connectivity index (χ3v) is 5.90. The Morgan fingerprint density at radius 3 is 2.27 bits per heavy atom. The van der Waals surface area contributed by atoms with Gasteiger partial charge in [-0.25, -0.2) is 8.42 Å². The van der Waals surface area contributed by atoms with E-state index in [0.29, 0.717) is 23.6 Å². The van der Waals surface area contributed by atoms with Crippen molar-refractivity contribution in [2.45, 2.75) is 31.8 Å². The molecule has 2 aromatic rings. The second kappa shape index (κ2) is 8.85. The molecular formula is C20H25NO4S. The zero-order valence-corrected chi connectivity index (χ0v) is 16.1. The van der Waals surface area contributed by atoms with Gasteiger partial charge in [-0.2, -0.15) is 0 Å². The van der Waals surface area contributed by atoms with Crippen molar-refractivity contribution in [2.24, 2.45) is 5.92 Å². The lowest BCUT2D eigenvalue weighted by Gasteiger charge is -2.16. The fraction of sp³-hybridized carbons (Fsp3) is 0.350. The number of rotatable bonds is 8. The zero-order chi connectivity index (χ0) is 19.2. The maximum atomic E-state index is 12.7. The summed E-state index contributed by atoms with van der Waals surface area (Å²) in [7, 11) is -3.67. The normalized spacial score (nSPS) is 12.6. The lowest BCUT2D eigenvalue weighted by atomic mass is 10.2. The second-order valence-electron chi connectivity index (χ2n) is 6.61. The lowest BCUT2D eigenvalue weighted by molar-refractivity contribution is -0.120. The largest absolute Gasteiger partial charge is 0.457 e. The van der Waals surface area contributed by atoms with Gasteiger partial charge in [0.2, 0.25) is 5.91 Å². The smallest absolute Gasteiger partial charge is 0.238 e. The summed E-state index contributed by atoms with van der Waals surface area (Å²) in [6.45, 7) is 5.78. The van der Waals surface area contributed by atoms with Gasteiger partial charge in [0.1, 0.15) is 16.7 Å². The molecule has 1 atom stereocenters. The van der Waals surface area contributed by atoms with E-state index in [1.807, 2.05) is 32.0 Å². The van der Waals surface area contributed by atoms with Crippen LogP contribution in [0.4, 0.5) is 0 Å². The van der Waals surface area contributed by atoms with Crippen LogP contribution in [0.5, 0.6) is 11.5 Å². The van der Waals surface area contributed by atoms with Crippen molar-refractivity contribution in [3.05, 3.63) is 60.2 Å². The minimum absolute atomic E-state index is 0.258. The molecule has 0 saturated carbocycles. The second-order valence-corrected chi connectivity index (χ2v) is 8.93. The molecule has 0 saturated heterocycles. The Balaban J connectivity index is 2.15. The maximum absolute atomic E-state index is 12.7. The van der Waals surface area contributed by atoms with Crippen LogP contribution in [0.1, 0.15) is 26.3 Å². The molecule has 6 heteroatoms. The predicted molar refractivity (Wildman–Crippen MR) is 103 cm³/mol. The topological polar surface area (TPSA) is 72.5 Å². The summed E-state index contributed by atoms with van der Waals surface area (Å²) in [6, 6.07) is 16.1. The molecule has 26 heavy (non-hydrogen) atoms. The molecule has 0 aromatic heterocycles. The van der Waals surface area contributed by atoms with Crippen LogP contribution < -0.4 is 10.1 Å². The Kier molecular flexibility index (Phi) is 6.80. The molecule has 1 N–H and O–H groups in total. The van der Waals surface area contributed by atoms with E-state index in [-0.39, 0.29) is 11.7 Å². The Labute approximate surface area is 155 Å². The van der Waals surface area contributed by atoms with E-state index in [2.05, 4.69) is 5.32 Å². The molecule has 0 fully saturated rings. The van der Waals surface area contributed by atoms with Gasteiger partial charge in [0.25, 0.3) is 0 Å². The average Bonchev–Trinajstić information content (AvgIpc) is 2.61. The quantitative estimate of drug-likeness (QED) is 0.766. The molecule has 0 bridgehead atoms. The van der Waals surface area contributed by atoms with Crippen LogP contribution >= 0.6 is 0 Å². The first-order valence-corrected chi connectivity index (χ1v) is 10.3. The minimum atomic E-state index is -3.67. The number of ether oxygens (including phenoxy) is 1. The number of sulfone groups is 1. The Hall–Kier alpha value is -2.34. The van der Waals surface area contributed by atoms with Gasteiger partial charge in [0.15, 0.2) is 9.84 Å². The van der Waals surface area contributed by atoms with Crippen molar-refractivity contribution < 1.29 is 17.9 Å². The molecule has 0 radical (unpaired) electrons. The molecule has 2 rings (SSSR count). The first kappa shape index (κ1) is 20.0. The number of nitrogens with one attached hydrogen (secondary N) is 1. The van der Waals surface area contributed by atoms with Gasteiger partial charge in [-0.1, -0.05) is 50.2 Å².